The van der Waals surface area contributed by atoms with Gasteiger partial charge in [0.25, 0.3) is 0 Å². The van der Waals surface area contributed by atoms with E-state index in [1.807, 2.05) is 27.7 Å². The van der Waals surface area contributed by atoms with Crippen LogP contribution >= 0.6 is 11.5 Å². The van der Waals surface area contributed by atoms with Crippen molar-refractivity contribution in [2.75, 3.05) is 0 Å². The van der Waals surface area contributed by atoms with E-state index in [0.717, 1.165) is 17.7 Å². The summed E-state index contributed by atoms with van der Waals surface area (Å²) in [6.07, 6.45) is 1.24. The number of carbonyl (C=O) groups excluding carboxylic acids is 1. The van der Waals surface area contributed by atoms with E-state index in [9.17, 15) is 4.79 Å². The number of carbonyl (C=O) groups is 1. The third kappa shape index (κ3) is 3.23. The Balaban J connectivity index is 2.84. The van der Waals surface area contributed by atoms with E-state index in [0.29, 0.717) is 11.3 Å². The van der Waals surface area contributed by atoms with Gasteiger partial charge in [0.2, 0.25) is 0 Å². The third-order valence-corrected chi connectivity index (χ3v) is 3.00. The van der Waals surface area contributed by atoms with Crippen molar-refractivity contribution in [3.63, 3.8) is 0 Å². The zero-order valence-corrected chi connectivity index (χ0v) is 11.1. The van der Waals surface area contributed by atoms with Crippen LogP contribution in [0.15, 0.2) is 12.2 Å². The summed E-state index contributed by atoms with van der Waals surface area (Å²) in [6, 6.07) is 0. The molecule has 0 bridgehead atoms. The van der Waals surface area contributed by atoms with E-state index in [1.165, 1.54) is 11.5 Å². The van der Waals surface area contributed by atoms with Crippen LogP contribution in [0.1, 0.15) is 55.9 Å². The van der Waals surface area contributed by atoms with Gasteiger partial charge in [-0.15, -0.1) is 11.7 Å². The average Bonchev–Trinajstić information content (AvgIpc) is 2.61. The maximum atomic E-state index is 12.0. The van der Waals surface area contributed by atoms with Gasteiger partial charge in [0.1, 0.15) is 4.88 Å². The second kappa shape index (κ2) is 4.87. The molecule has 0 saturated heterocycles. The standard InChI is InChI=1S/C12H18N2OS/c1-8(2)6-7-9(15)10-11(12(3,4)5)13-14-16-10/h1,6-7H2,2-5H3. The van der Waals surface area contributed by atoms with Gasteiger partial charge in [-0.25, -0.2) is 0 Å². The zero-order valence-electron chi connectivity index (χ0n) is 10.3. The smallest absolute Gasteiger partial charge is 0.176 e. The predicted molar refractivity (Wildman–Crippen MR) is 67.0 cm³/mol. The van der Waals surface area contributed by atoms with E-state index in [-0.39, 0.29) is 11.2 Å². The Morgan fingerprint density at radius 1 is 1.38 bits per heavy atom. The molecule has 0 spiro atoms. The molecule has 0 fully saturated rings. The Hall–Kier alpha value is -1.03. The third-order valence-electron chi connectivity index (χ3n) is 2.23. The van der Waals surface area contributed by atoms with E-state index >= 15 is 0 Å². The van der Waals surface area contributed by atoms with Crippen LogP contribution in [0.3, 0.4) is 0 Å². The molecule has 1 rings (SSSR count). The summed E-state index contributed by atoms with van der Waals surface area (Å²) in [5, 5.41) is 4.06. The first kappa shape index (κ1) is 13.0. The molecule has 0 radical (unpaired) electrons. The second-order valence-corrected chi connectivity index (χ2v) is 5.84. The molecule has 4 heteroatoms. The molecule has 88 valence electrons. The number of Topliss-reactive ketones (excluding diaryl/α,β-unsaturated/α-hetero) is 1. The van der Waals surface area contributed by atoms with Crippen molar-refractivity contribution in [1.82, 2.24) is 9.59 Å². The normalized spacial score (nSPS) is 11.5. The fourth-order valence-electron chi connectivity index (χ4n) is 1.30. The highest BCUT2D eigenvalue weighted by molar-refractivity contribution is 7.08. The summed E-state index contributed by atoms with van der Waals surface area (Å²) in [5.41, 5.74) is 1.72. The van der Waals surface area contributed by atoms with Crippen LogP contribution in [0.5, 0.6) is 0 Å². The monoisotopic (exact) mass is 238 g/mol. The maximum Gasteiger partial charge on any atom is 0.176 e. The van der Waals surface area contributed by atoms with Crippen LogP contribution in [0.2, 0.25) is 0 Å². The van der Waals surface area contributed by atoms with Gasteiger partial charge in [-0.2, -0.15) is 0 Å². The Morgan fingerprint density at radius 2 is 2.00 bits per heavy atom. The number of aromatic nitrogens is 2. The summed E-state index contributed by atoms with van der Waals surface area (Å²) in [5.74, 6) is 0.128. The van der Waals surface area contributed by atoms with Crippen molar-refractivity contribution in [1.29, 1.82) is 0 Å². The highest BCUT2D eigenvalue weighted by atomic mass is 32.1. The van der Waals surface area contributed by atoms with Gasteiger partial charge in [-0.05, 0) is 24.9 Å². The van der Waals surface area contributed by atoms with Crippen LogP contribution in [-0.4, -0.2) is 15.4 Å². The maximum absolute atomic E-state index is 12.0. The van der Waals surface area contributed by atoms with E-state index < -0.39 is 0 Å². The largest absolute Gasteiger partial charge is 0.293 e. The lowest BCUT2D eigenvalue weighted by molar-refractivity contribution is 0.0984. The van der Waals surface area contributed by atoms with Gasteiger partial charge in [-0.1, -0.05) is 30.8 Å². The van der Waals surface area contributed by atoms with Crippen molar-refractivity contribution in [3.8, 4) is 0 Å². The highest BCUT2D eigenvalue weighted by Gasteiger charge is 2.25. The predicted octanol–water partition coefficient (Wildman–Crippen LogP) is 3.37. The van der Waals surface area contributed by atoms with Crippen LogP contribution in [-0.2, 0) is 5.41 Å². The van der Waals surface area contributed by atoms with Crippen LogP contribution in [0.25, 0.3) is 0 Å². The zero-order chi connectivity index (χ0) is 12.3. The fourth-order valence-corrected chi connectivity index (χ4v) is 2.15. The lowest BCUT2D eigenvalue weighted by Crippen LogP contribution is -2.16. The van der Waals surface area contributed by atoms with Gasteiger partial charge in [0.05, 0.1) is 5.69 Å². The molecule has 0 aliphatic carbocycles. The molecule has 3 nitrogen and oxygen atoms in total. The number of hydrogen-bond acceptors (Lipinski definition) is 4. The average molecular weight is 238 g/mol. The molecule has 0 aliphatic heterocycles. The van der Waals surface area contributed by atoms with Gasteiger partial charge >= 0.3 is 0 Å². The van der Waals surface area contributed by atoms with Gasteiger partial charge < -0.3 is 0 Å². The molecule has 0 unspecified atom stereocenters. The number of rotatable bonds is 4. The molecule has 0 aromatic carbocycles. The Labute approximate surface area is 101 Å². The summed E-state index contributed by atoms with van der Waals surface area (Å²) in [4.78, 5) is 12.7. The number of nitrogens with zero attached hydrogens (tertiary/aromatic N) is 2. The first-order chi connectivity index (χ1) is 7.32. The minimum atomic E-state index is -0.124. The molecule has 0 amide bonds. The van der Waals surface area contributed by atoms with Gasteiger partial charge in [-0.3, -0.25) is 4.79 Å². The SMILES string of the molecule is C=C(C)CCC(=O)c1snnc1C(C)(C)C. The molecule has 1 aromatic heterocycles. The van der Waals surface area contributed by atoms with Gasteiger partial charge in [0.15, 0.2) is 5.78 Å². The fraction of sp³-hybridized carbons (Fsp3) is 0.583. The van der Waals surface area contributed by atoms with Crippen molar-refractivity contribution >= 4 is 17.3 Å². The molecule has 1 heterocycles. The number of hydrogen-bond donors (Lipinski definition) is 0. The molecule has 16 heavy (non-hydrogen) atoms. The van der Waals surface area contributed by atoms with E-state index in [4.69, 9.17) is 0 Å². The van der Waals surface area contributed by atoms with E-state index in [2.05, 4.69) is 16.2 Å². The summed E-state index contributed by atoms with van der Waals surface area (Å²) in [6.45, 7) is 11.9. The first-order valence-electron chi connectivity index (χ1n) is 5.33. The van der Waals surface area contributed by atoms with Crippen LogP contribution < -0.4 is 0 Å². The summed E-state index contributed by atoms with van der Waals surface area (Å²) >= 11 is 1.20. The van der Waals surface area contributed by atoms with Crippen molar-refractivity contribution in [2.45, 2.75) is 46.0 Å². The van der Waals surface area contributed by atoms with Crippen LogP contribution in [0, 0.1) is 0 Å². The highest BCUT2D eigenvalue weighted by Crippen LogP contribution is 2.27. The summed E-state index contributed by atoms with van der Waals surface area (Å²) < 4.78 is 3.89. The topological polar surface area (TPSA) is 42.9 Å². The quantitative estimate of drug-likeness (QED) is 0.596. The molecular formula is C12H18N2OS. The number of ketones is 1. The molecule has 0 N–H and O–H groups in total. The second-order valence-electron chi connectivity index (χ2n) is 5.08. The Bertz CT molecular complexity index is 401. The minimum absolute atomic E-state index is 0.124. The Morgan fingerprint density at radius 3 is 2.50 bits per heavy atom. The molecule has 1 aromatic rings. The molecule has 0 aliphatic rings. The summed E-state index contributed by atoms with van der Waals surface area (Å²) in [7, 11) is 0. The molecule has 0 atom stereocenters. The molecular weight excluding hydrogens is 220 g/mol. The number of allylic oxidation sites excluding steroid dienone is 1. The van der Waals surface area contributed by atoms with Crippen molar-refractivity contribution in [2.24, 2.45) is 0 Å². The van der Waals surface area contributed by atoms with Crippen molar-refractivity contribution in [3.05, 3.63) is 22.7 Å². The lowest BCUT2D eigenvalue weighted by atomic mass is 9.90. The van der Waals surface area contributed by atoms with E-state index in [1.54, 1.807) is 0 Å². The molecule has 0 saturated carbocycles. The van der Waals surface area contributed by atoms with Crippen molar-refractivity contribution < 1.29 is 4.79 Å². The van der Waals surface area contributed by atoms with Gasteiger partial charge in [0, 0.05) is 11.8 Å². The minimum Gasteiger partial charge on any atom is -0.293 e. The first-order valence-corrected chi connectivity index (χ1v) is 6.10. The lowest BCUT2D eigenvalue weighted by Gasteiger charge is -2.15. The Kier molecular flexibility index (Phi) is 3.97. The van der Waals surface area contributed by atoms with Crippen LogP contribution in [0.4, 0.5) is 0 Å².